The van der Waals surface area contributed by atoms with Crippen LogP contribution in [0.4, 0.5) is 14.6 Å². The van der Waals surface area contributed by atoms with Crippen LogP contribution >= 0.6 is 0 Å². The van der Waals surface area contributed by atoms with Crippen molar-refractivity contribution in [2.24, 2.45) is 17.8 Å². The molecular weight excluding hydrogens is 496 g/mol. The number of aliphatic carboxylic acids is 1. The maximum atomic E-state index is 16.1. The molecule has 12 heteroatoms. The van der Waals surface area contributed by atoms with Gasteiger partial charge in [-0.25, -0.2) is 23.7 Å². The van der Waals surface area contributed by atoms with E-state index >= 15 is 4.39 Å². The number of H-pyrrole nitrogens is 1. The Bertz CT molecular complexity index is 1500. The summed E-state index contributed by atoms with van der Waals surface area (Å²) >= 11 is 0. The first-order valence-electron chi connectivity index (χ1n) is 12.6. The summed E-state index contributed by atoms with van der Waals surface area (Å²) in [6.07, 6.45) is 9.36. The summed E-state index contributed by atoms with van der Waals surface area (Å²) in [7, 11) is 1.58. The molecule has 2 bridgehead atoms. The van der Waals surface area contributed by atoms with E-state index in [1.165, 1.54) is 12.3 Å². The van der Waals surface area contributed by atoms with Crippen LogP contribution in [-0.2, 0) is 16.1 Å². The zero-order valence-electron chi connectivity index (χ0n) is 20.7. The Morgan fingerprint density at radius 2 is 2.00 bits per heavy atom. The fourth-order valence-corrected chi connectivity index (χ4v) is 5.98. The number of anilines is 1. The van der Waals surface area contributed by atoms with Crippen LogP contribution in [0.25, 0.3) is 33.7 Å². The van der Waals surface area contributed by atoms with Crippen molar-refractivity contribution in [1.29, 1.82) is 0 Å². The normalized spacial score (nSPS) is 22.7. The van der Waals surface area contributed by atoms with Gasteiger partial charge in [0, 0.05) is 42.1 Å². The average molecular weight is 524 g/mol. The highest BCUT2D eigenvalue weighted by Crippen LogP contribution is 2.46. The summed E-state index contributed by atoms with van der Waals surface area (Å²) in [6.45, 7) is 0.903. The largest absolute Gasteiger partial charge is 0.481 e. The summed E-state index contributed by atoms with van der Waals surface area (Å²) < 4.78 is 36.8. The molecule has 4 aromatic rings. The number of fused-ring (bicyclic) bond motifs is 4. The Morgan fingerprint density at radius 3 is 2.76 bits per heavy atom. The van der Waals surface area contributed by atoms with E-state index in [1.54, 1.807) is 24.2 Å². The lowest BCUT2D eigenvalue weighted by molar-refractivity contribution is -0.148. The van der Waals surface area contributed by atoms with Crippen molar-refractivity contribution in [3.63, 3.8) is 0 Å². The molecule has 0 radical (unpaired) electrons. The molecule has 38 heavy (non-hydrogen) atoms. The number of carboxylic acids is 1. The first-order chi connectivity index (χ1) is 18.4. The number of carbonyl (C=O) groups is 1. The fraction of sp³-hybridized carbons (Fsp3) is 0.423. The molecule has 3 N–H and O–H groups in total. The minimum Gasteiger partial charge on any atom is -0.481 e. The number of aromatic nitrogens is 6. The van der Waals surface area contributed by atoms with E-state index in [0.717, 1.165) is 31.9 Å². The van der Waals surface area contributed by atoms with Gasteiger partial charge in [-0.05, 0) is 43.6 Å². The molecule has 3 fully saturated rings. The number of pyridine rings is 1. The van der Waals surface area contributed by atoms with E-state index < -0.39 is 29.6 Å². The molecule has 0 unspecified atom stereocenters. The molecule has 3 saturated carbocycles. The number of carboxylic acid groups (broad SMARTS) is 1. The van der Waals surface area contributed by atoms with Crippen LogP contribution in [0.1, 0.15) is 25.7 Å². The highest BCUT2D eigenvalue weighted by atomic mass is 19.1. The van der Waals surface area contributed by atoms with Crippen LogP contribution in [-0.4, -0.2) is 60.6 Å². The highest BCUT2D eigenvalue weighted by molar-refractivity contribution is 5.92. The predicted molar refractivity (Wildman–Crippen MR) is 134 cm³/mol. The Labute approximate surface area is 216 Å². The van der Waals surface area contributed by atoms with Crippen LogP contribution in [0, 0.1) is 29.4 Å². The molecule has 3 aliphatic carbocycles. The van der Waals surface area contributed by atoms with Gasteiger partial charge in [-0.3, -0.25) is 9.48 Å². The molecular formula is C26H27F2N7O3. The molecule has 198 valence electrons. The number of halogens is 2. The molecule has 0 spiro atoms. The molecule has 2 atom stereocenters. The van der Waals surface area contributed by atoms with Gasteiger partial charge in [0.1, 0.15) is 17.2 Å². The first-order valence-corrected chi connectivity index (χ1v) is 12.6. The maximum Gasteiger partial charge on any atom is 0.308 e. The van der Waals surface area contributed by atoms with Gasteiger partial charge in [0.15, 0.2) is 17.5 Å². The lowest BCUT2D eigenvalue weighted by atomic mass is 9.61. The Hall–Kier alpha value is -3.93. The number of methoxy groups -OCH3 is 1. The molecule has 4 heterocycles. The smallest absolute Gasteiger partial charge is 0.308 e. The third-order valence-electron chi connectivity index (χ3n) is 7.83. The SMILES string of the molecule is COCCn1cc(-c2nc(-c3c[nH]c4ncc(F)cc34)nc(N[C@H]3C4CCC(CC4)[C@@H]3C(=O)O)c2F)cn1. The molecule has 0 saturated heterocycles. The van der Waals surface area contributed by atoms with Gasteiger partial charge in [0.05, 0.1) is 31.5 Å². The summed E-state index contributed by atoms with van der Waals surface area (Å²) in [5.41, 5.74) is 1.32. The van der Waals surface area contributed by atoms with Crippen LogP contribution < -0.4 is 5.32 Å². The lowest BCUT2D eigenvalue weighted by Crippen LogP contribution is -2.51. The van der Waals surface area contributed by atoms with Gasteiger partial charge in [-0.2, -0.15) is 5.10 Å². The Balaban J connectivity index is 1.46. The highest BCUT2D eigenvalue weighted by Gasteiger charge is 2.47. The maximum absolute atomic E-state index is 16.1. The van der Waals surface area contributed by atoms with Gasteiger partial charge in [0.25, 0.3) is 0 Å². The first kappa shape index (κ1) is 24.4. The topological polar surface area (TPSA) is 131 Å². The second-order valence-corrected chi connectivity index (χ2v) is 10.0. The number of hydrogen-bond acceptors (Lipinski definition) is 7. The van der Waals surface area contributed by atoms with Crippen LogP contribution in [0.5, 0.6) is 0 Å². The predicted octanol–water partition coefficient (Wildman–Crippen LogP) is 4.11. The van der Waals surface area contributed by atoms with Gasteiger partial charge in [-0.1, -0.05) is 0 Å². The molecule has 10 nitrogen and oxygen atoms in total. The molecule has 3 aliphatic rings. The van der Waals surface area contributed by atoms with E-state index in [9.17, 15) is 14.3 Å². The van der Waals surface area contributed by atoms with Crippen LogP contribution in [0.2, 0.25) is 0 Å². The van der Waals surface area contributed by atoms with Crippen molar-refractivity contribution in [3.05, 3.63) is 42.5 Å². The third kappa shape index (κ3) is 4.28. The lowest BCUT2D eigenvalue weighted by Gasteiger charge is -2.47. The zero-order valence-corrected chi connectivity index (χ0v) is 20.7. The standard InChI is InChI=1S/C26H27F2N7O3/c1-38-7-6-35-12-15(9-31-35)22-20(28)25(32-21-14-4-2-13(3-5-14)19(21)26(36)37)34-24(33-22)18-11-30-23-17(18)8-16(27)10-29-23/h8-14,19,21H,2-7H2,1H3,(H,29,30)(H,36,37)(H,32,33,34)/t13?,14?,19-,21-/m0/s1. The van der Waals surface area contributed by atoms with Crippen LogP contribution in [0.3, 0.4) is 0 Å². The summed E-state index contributed by atoms with van der Waals surface area (Å²) in [5.74, 6) is -2.53. The van der Waals surface area contributed by atoms with Crippen molar-refractivity contribution in [2.75, 3.05) is 19.0 Å². The Morgan fingerprint density at radius 1 is 1.21 bits per heavy atom. The van der Waals surface area contributed by atoms with E-state index in [-0.39, 0.29) is 29.2 Å². The number of aromatic amines is 1. The second kappa shape index (κ2) is 9.75. The monoisotopic (exact) mass is 523 g/mol. The van der Waals surface area contributed by atoms with Gasteiger partial charge in [-0.15, -0.1) is 0 Å². The number of nitrogens with zero attached hydrogens (tertiary/aromatic N) is 5. The van der Waals surface area contributed by atoms with Crippen molar-refractivity contribution < 1.29 is 23.4 Å². The number of ether oxygens (including phenoxy) is 1. The molecule has 0 aromatic carbocycles. The zero-order chi connectivity index (χ0) is 26.4. The quantitative estimate of drug-likeness (QED) is 0.315. The summed E-state index contributed by atoms with van der Waals surface area (Å²) in [4.78, 5) is 28.3. The van der Waals surface area contributed by atoms with Crippen molar-refractivity contribution in [3.8, 4) is 22.6 Å². The minimum atomic E-state index is -0.885. The van der Waals surface area contributed by atoms with Crippen molar-refractivity contribution in [1.82, 2.24) is 29.7 Å². The molecule has 0 amide bonds. The number of hydrogen-bond donors (Lipinski definition) is 3. The molecule has 0 aliphatic heterocycles. The van der Waals surface area contributed by atoms with Crippen molar-refractivity contribution in [2.45, 2.75) is 38.3 Å². The third-order valence-corrected chi connectivity index (χ3v) is 7.83. The van der Waals surface area contributed by atoms with E-state index in [1.807, 2.05) is 0 Å². The van der Waals surface area contributed by atoms with E-state index in [2.05, 4.69) is 30.4 Å². The molecule has 4 aromatic heterocycles. The number of rotatable bonds is 8. The fourth-order valence-electron chi connectivity index (χ4n) is 5.98. The van der Waals surface area contributed by atoms with Crippen LogP contribution in [0.15, 0.2) is 30.9 Å². The van der Waals surface area contributed by atoms with Gasteiger partial charge in [0.2, 0.25) is 0 Å². The van der Waals surface area contributed by atoms with Crippen molar-refractivity contribution >= 4 is 22.8 Å². The summed E-state index contributed by atoms with van der Waals surface area (Å²) in [5, 5.41) is 17.9. The van der Waals surface area contributed by atoms with E-state index in [0.29, 0.717) is 35.3 Å². The average Bonchev–Trinajstić information content (AvgIpc) is 3.56. The Kier molecular flexibility index (Phi) is 6.26. The summed E-state index contributed by atoms with van der Waals surface area (Å²) in [6, 6.07) is 0.855. The van der Waals surface area contributed by atoms with Gasteiger partial charge < -0.3 is 20.1 Å². The van der Waals surface area contributed by atoms with Gasteiger partial charge >= 0.3 is 5.97 Å². The van der Waals surface area contributed by atoms with E-state index in [4.69, 9.17) is 4.74 Å². The minimum absolute atomic E-state index is 0.00715. The molecule has 7 rings (SSSR count). The number of nitrogens with one attached hydrogen (secondary N) is 2. The second-order valence-electron chi connectivity index (χ2n) is 10.0.